The summed E-state index contributed by atoms with van der Waals surface area (Å²) in [6, 6.07) is 0. The third kappa shape index (κ3) is 34.8. The first-order chi connectivity index (χ1) is 23.0. The molecule has 0 fully saturated rings. The number of hydrogen-bond acceptors (Lipinski definition) is 8. The third-order valence-electron chi connectivity index (χ3n) is 8.38. The van der Waals surface area contributed by atoms with E-state index in [-0.39, 0.29) is 25.6 Å². The number of quaternary nitrogens is 1. The molecule has 0 bridgehead atoms. The summed E-state index contributed by atoms with van der Waals surface area (Å²) in [6.45, 7) is 2.99. The highest BCUT2D eigenvalue weighted by Gasteiger charge is 2.27. The van der Waals surface area contributed by atoms with Gasteiger partial charge in [-0.3, -0.25) is 18.6 Å². The van der Waals surface area contributed by atoms with Crippen LogP contribution < -0.4 is 0 Å². The number of rotatable bonds is 36. The number of phosphoric acid groups is 1. The van der Waals surface area contributed by atoms with E-state index >= 15 is 0 Å². The van der Waals surface area contributed by atoms with E-state index in [0.29, 0.717) is 23.9 Å². The molecule has 0 aliphatic rings. The topological polar surface area (TPSA) is 118 Å². The minimum absolute atomic E-state index is 0.0314. The molecule has 0 saturated carbocycles. The Balaban J connectivity index is 4.39. The maximum atomic E-state index is 12.6. The summed E-state index contributed by atoms with van der Waals surface area (Å²) in [7, 11) is 3.20. The Morgan fingerprint density at radius 3 is 1.50 bits per heavy atom. The molecule has 286 valence electrons. The van der Waals surface area contributed by atoms with E-state index < -0.39 is 26.5 Å². The van der Waals surface area contributed by atoms with Crippen molar-refractivity contribution >= 4 is 19.8 Å². The fraction of sp³-hybridized carbons (Fsp3) is 0.946. The van der Waals surface area contributed by atoms with Crippen LogP contribution in [0, 0.1) is 0 Å². The number of esters is 2. The molecule has 48 heavy (non-hydrogen) atoms. The molecule has 0 radical (unpaired) electrons. The van der Waals surface area contributed by atoms with Gasteiger partial charge in [-0.05, 0) is 19.3 Å². The smallest absolute Gasteiger partial charge is 0.462 e. The van der Waals surface area contributed by atoms with E-state index in [1.54, 1.807) is 7.11 Å². The molecule has 0 aromatic heterocycles. The molecule has 0 rings (SSSR count). The van der Waals surface area contributed by atoms with Crippen LogP contribution in [0.2, 0.25) is 0 Å². The first-order valence-electron chi connectivity index (χ1n) is 19.3. The number of hydrogen-bond donors (Lipinski definition) is 1. The molecule has 2 atom stereocenters. The minimum atomic E-state index is -4.36. The summed E-state index contributed by atoms with van der Waals surface area (Å²) in [5, 5.41) is 0. The predicted octanol–water partition coefficient (Wildman–Crippen LogP) is 9.31. The maximum absolute atomic E-state index is 12.6. The highest BCUT2D eigenvalue weighted by molar-refractivity contribution is 7.47. The van der Waals surface area contributed by atoms with Crippen LogP contribution in [0.15, 0.2) is 0 Å². The van der Waals surface area contributed by atoms with Gasteiger partial charge in [0.1, 0.15) is 19.8 Å². The number of carbonyl (C=O) groups is 2. The van der Waals surface area contributed by atoms with Gasteiger partial charge in [-0.2, -0.15) is 0 Å². The van der Waals surface area contributed by atoms with Gasteiger partial charge in [-0.1, -0.05) is 129 Å². The van der Waals surface area contributed by atoms with E-state index in [1.165, 1.54) is 89.9 Å². The zero-order chi connectivity index (χ0) is 35.8. The van der Waals surface area contributed by atoms with Crippen LogP contribution >= 0.6 is 7.82 Å². The third-order valence-corrected chi connectivity index (χ3v) is 9.37. The van der Waals surface area contributed by atoms with Gasteiger partial charge in [0.25, 0.3) is 0 Å². The van der Waals surface area contributed by atoms with Crippen LogP contribution in [0.3, 0.4) is 0 Å². The Hall–Kier alpha value is -1.03. The second-order valence-electron chi connectivity index (χ2n) is 14.3. The molecule has 1 N–H and O–H groups in total. The maximum Gasteiger partial charge on any atom is 0.472 e. The lowest BCUT2D eigenvalue weighted by molar-refractivity contribution is -0.870. The van der Waals surface area contributed by atoms with Gasteiger partial charge >= 0.3 is 19.8 Å². The Morgan fingerprint density at radius 2 is 1.04 bits per heavy atom. The fourth-order valence-corrected chi connectivity index (χ4v) is 6.05. The lowest BCUT2D eigenvalue weighted by Gasteiger charge is -2.24. The Kier molecular flexibility index (Phi) is 31.2. The molecule has 11 heteroatoms. The van der Waals surface area contributed by atoms with E-state index in [1.807, 2.05) is 21.1 Å². The van der Waals surface area contributed by atoms with Gasteiger partial charge in [-0.15, -0.1) is 0 Å². The number of carbonyl (C=O) groups excluding carboxylic acids is 2. The second-order valence-corrected chi connectivity index (χ2v) is 15.8. The molecular weight excluding hydrogens is 633 g/mol. The molecule has 0 saturated heterocycles. The highest BCUT2D eigenvalue weighted by Crippen LogP contribution is 2.43. The van der Waals surface area contributed by atoms with Gasteiger partial charge in [0, 0.05) is 26.6 Å². The molecule has 0 aromatic carbocycles. The first kappa shape index (κ1) is 47.0. The lowest BCUT2D eigenvalue weighted by Crippen LogP contribution is -2.37. The lowest BCUT2D eigenvalue weighted by atomic mass is 10.0. The summed E-state index contributed by atoms with van der Waals surface area (Å²) in [6.07, 6.45) is 25.3. The van der Waals surface area contributed by atoms with Gasteiger partial charge < -0.3 is 23.6 Å². The molecule has 0 aliphatic carbocycles. The molecule has 0 aliphatic heterocycles. The van der Waals surface area contributed by atoms with Gasteiger partial charge in [0.2, 0.25) is 0 Å². The summed E-state index contributed by atoms with van der Waals surface area (Å²) >= 11 is 0. The van der Waals surface area contributed by atoms with E-state index in [2.05, 4.69) is 6.92 Å². The average Bonchev–Trinajstić information content (AvgIpc) is 3.02. The van der Waals surface area contributed by atoms with Crippen molar-refractivity contribution in [2.24, 2.45) is 0 Å². The molecule has 0 heterocycles. The molecule has 1 unspecified atom stereocenters. The van der Waals surface area contributed by atoms with Crippen molar-refractivity contribution in [3.8, 4) is 0 Å². The number of methoxy groups -OCH3 is 1. The average molecular weight is 709 g/mol. The van der Waals surface area contributed by atoms with Crippen LogP contribution in [0.5, 0.6) is 0 Å². The number of phosphoric ester groups is 1. The summed E-state index contributed by atoms with van der Waals surface area (Å²) in [5.41, 5.74) is 0. The SMILES string of the molecule is CCCCCCCCCCCCCCCC(=O)OC[C@H](COP(=O)(O)OCC[N+](C)(C)C)OC(=O)CCCCCCCCCCCOC. The number of unbranched alkanes of at least 4 members (excludes halogenated alkanes) is 20. The number of likely N-dealkylation sites (N-methyl/N-ethyl adjacent to an activating group) is 1. The molecular formula is C37H75NO9P+. The normalized spacial score (nSPS) is 13.7. The van der Waals surface area contributed by atoms with Crippen LogP contribution in [0.25, 0.3) is 0 Å². The van der Waals surface area contributed by atoms with Crippen molar-refractivity contribution in [2.75, 3.05) is 61.2 Å². The van der Waals surface area contributed by atoms with Crippen LogP contribution in [-0.2, 0) is 37.4 Å². The summed E-state index contributed by atoms with van der Waals surface area (Å²) in [5.74, 6) is -0.808. The van der Waals surface area contributed by atoms with E-state index in [9.17, 15) is 19.0 Å². The van der Waals surface area contributed by atoms with Crippen molar-refractivity contribution in [1.82, 2.24) is 0 Å². The molecule has 0 spiro atoms. The van der Waals surface area contributed by atoms with Gasteiger partial charge in [0.05, 0.1) is 27.7 Å². The Labute approximate surface area is 294 Å². The zero-order valence-electron chi connectivity index (χ0n) is 31.7. The van der Waals surface area contributed by atoms with Crippen molar-refractivity contribution in [1.29, 1.82) is 0 Å². The van der Waals surface area contributed by atoms with Crippen LogP contribution in [0.1, 0.15) is 161 Å². The van der Waals surface area contributed by atoms with Gasteiger partial charge in [-0.25, -0.2) is 4.57 Å². The molecule has 10 nitrogen and oxygen atoms in total. The quantitative estimate of drug-likeness (QED) is 0.0294. The Morgan fingerprint density at radius 1 is 0.604 bits per heavy atom. The van der Waals surface area contributed by atoms with Crippen molar-refractivity contribution in [3.63, 3.8) is 0 Å². The van der Waals surface area contributed by atoms with Crippen LogP contribution in [-0.4, -0.2) is 88.6 Å². The summed E-state index contributed by atoms with van der Waals surface area (Å²) < 4.78 is 39.2. The van der Waals surface area contributed by atoms with Crippen molar-refractivity contribution in [3.05, 3.63) is 0 Å². The van der Waals surface area contributed by atoms with Crippen molar-refractivity contribution in [2.45, 2.75) is 167 Å². The van der Waals surface area contributed by atoms with Crippen LogP contribution in [0.4, 0.5) is 0 Å². The van der Waals surface area contributed by atoms with Gasteiger partial charge in [0.15, 0.2) is 6.10 Å². The standard InChI is InChI=1S/C37H74NO9P/c1-6-7-8-9-10-11-12-13-14-16-19-22-25-28-36(39)44-33-35(34-46-48(41,42)45-32-30-38(2,3)4)47-37(40)29-26-23-20-17-15-18-21-24-27-31-43-5/h35H,6-34H2,1-5H3/p+1/t35-/m1/s1. The minimum Gasteiger partial charge on any atom is -0.462 e. The fourth-order valence-electron chi connectivity index (χ4n) is 5.30. The largest absolute Gasteiger partial charge is 0.472 e. The summed E-state index contributed by atoms with van der Waals surface area (Å²) in [4.78, 5) is 35.1. The highest BCUT2D eigenvalue weighted by atomic mass is 31.2. The van der Waals surface area contributed by atoms with E-state index in [0.717, 1.165) is 51.6 Å². The Bertz CT molecular complexity index is 806. The number of ether oxygens (including phenoxy) is 3. The molecule has 0 aromatic rings. The second kappa shape index (κ2) is 31.9. The van der Waals surface area contributed by atoms with Crippen molar-refractivity contribution < 1.29 is 46.8 Å². The number of nitrogens with zero attached hydrogens (tertiary/aromatic N) is 1. The monoisotopic (exact) mass is 709 g/mol. The predicted molar refractivity (Wildman–Crippen MR) is 194 cm³/mol. The zero-order valence-corrected chi connectivity index (χ0v) is 32.6. The van der Waals surface area contributed by atoms with E-state index in [4.69, 9.17) is 23.3 Å². The first-order valence-corrected chi connectivity index (χ1v) is 20.7. The molecule has 0 amide bonds.